The average Bonchev–Trinajstić information content (AvgIpc) is 3.07. The zero-order chi connectivity index (χ0) is 28.5. The third kappa shape index (κ3) is 6.19. The van der Waals surface area contributed by atoms with Crippen LogP contribution in [0.5, 0.6) is 5.75 Å². The molecule has 0 radical (unpaired) electrons. The number of ether oxygens (including phenoxy) is 1. The lowest BCUT2D eigenvalue weighted by Crippen LogP contribution is -2.44. The van der Waals surface area contributed by atoms with Gasteiger partial charge in [0.15, 0.2) is 10.8 Å². The zero-order valence-electron chi connectivity index (χ0n) is 22.8. The van der Waals surface area contributed by atoms with Crippen molar-refractivity contribution in [2.24, 2.45) is 5.92 Å². The minimum Gasteiger partial charge on any atom is -0.493 e. The standard InChI is InChI=1S/C28H32F3N5O2S.ClH/c1-17(2)21-13-19(5-6-24(21)38-12-9-18-7-10-33-11-8-18)36-26(39)35(25(37)27(36,3)4)20-14-22(28(29,30)31)23(15-32)34-16-20;/h5-6,13-14,16-18,33H,7-12H2,1-4H3;1H. The molecule has 2 aliphatic heterocycles. The molecular formula is C28H33ClF3N5O2S. The van der Waals surface area contributed by atoms with Gasteiger partial charge in [0.2, 0.25) is 0 Å². The summed E-state index contributed by atoms with van der Waals surface area (Å²) >= 11 is 5.65. The first kappa shape index (κ1) is 31.6. The Morgan fingerprint density at radius 1 is 1.23 bits per heavy atom. The number of benzene rings is 1. The van der Waals surface area contributed by atoms with Gasteiger partial charge in [-0.05, 0) is 100 Å². The Morgan fingerprint density at radius 3 is 2.50 bits per heavy atom. The first-order valence-electron chi connectivity index (χ1n) is 13.0. The highest BCUT2D eigenvalue weighted by molar-refractivity contribution is 7.81. The Labute approximate surface area is 244 Å². The van der Waals surface area contributed by atoms with Crippen LogP contribution in [0.4, 0.5) is 24.5 Å². The van der Waals surface area contributed by atoms with Crippen LogP contribution in [0.3, 0.4) is 0 Å². The van der Waals surface area contributed by atoms with E-state index < -0.39 is 28.9 Å². The number of anilines is 2. The molecule has 1 amide bonds. The molecule has 12 heteroatoms. The predicted molar refractivity (Wildman–Crippen MR) is 154 cm³/mol. The lowest BCUT2D eigenvalue weighted by Gasteiger charge is -2.30. The van der Waals surface area contributed by atoms with E-state index in [9.17, 15) is 18.0 Å². The first-order chi connectivity index (χ1) is 18.4. The summed E-state index contributed by atoms with van der Waals surface area (Å²) in [7, 11) is 0. The summed E-state index contributed by atoms with van der Waals surface area (Å²) in [6, 6.07) is 7.80. The Hall–Kier alpha value is -2.94. The number of hydrogen-bond donors (Lipinski definition) is 1. The second kappa shape index (κ2) is 12.3. The van der Waals surface area contributed by atoms with Gasteiger partial charge in [-0.15, -0.1) is 12.4 Å². The number of halogens is 4. The fourth-order valence-corrected chi connectivity index (χ4v) is 5.62. The molecule has 0 spiro atoms. The van der Waals surface area contributed by atoms with Crippen molar-refractivity contribution in [3.63, 3.8) is 0 Å². The van der Waals surface area contributed by atoms with Crippen LogP contribution >= 0.6 is 24.6 Å². The quantitative estimate of drug-likeness (QED) is 0.382. The van der Waals surface area contributed by atoms with Gasteiger partial charge in [-0.3, -0.25) is 9.69 Å². The molecule has 7 nitrogen and oxygen atoms in total. The number of thiocarbonyl (C=S) groups is 1. The zero-order valence-corrected chi connectivity index (χ0v) is 24.5. The van der Waals surface area contributed by atoms with Crippen LogP contribution in [-0.4, -0.2) is 41.2 Å². The van der Waals surface area contributed by atoms with Crippen molar-refractivity contribution >= 4 is 47.0 Å². The van der Waals surface area contributed by atoms with E-state index in [2.05, 4.69) is 10.3 Å². The summed E-state index contributed by atoms with van der Waals surface area (Å²) in [5, 5.41) is 12.5. The number of pyridine rings is 1. The van der Waals surface area contributed by atoms with Crippen molar-refractivity contribution in [1.29, 1.82) is 5.26 Å². The number of aromatic nitrogens is 1. The number of nitrogens with zero attached hydrogens (tertiary/aromatic N) is 4. The molecule has 4 rings (SSSR count). The van der Waals surface area contributed by atoms with Gasteiger partial charge < -0.3 is 15.0 Å². The summed E-state index contributed by atoms with van der Waals surface area (Å²) in [5.41, 5.74) is -1.74. The van der Waals surface area contributed by atoms with E-state index in [1.807, 2.05) is 32.0 Å². The van der Waals surface area contributed by atoms with E-state index in [0.29, 0.717) is 18.2 Å². The summed E-state index contributed by atoms with van der Waals surface area (Å²) in [6.07, 6.45) is -0.485. The van der Waals surface area contributed by atoms with Gasteiger partial charge in [0.1, 0.15) is 17.4 Å². The van der Waals surface area contributed by atoms with E-state index in [0.717, 1.165) is 60.8 Å². The van der Waals surface area contributed by atoms with Crippen LogP contribution in [0.1, 0.15) is 69.7 Å². The Bertz CT molecular complexity index is 1310. The number of nitrogens with one attached hydrogen (secondary N) is 1. The number of piperidine rings is 1. The molecular weight excluding hydrogens is 563 g/mol. The maximum atomic E-state index is 13.6. The normalized spacial score (nSPS) is 17.7. The van der Waals surface area contributed by atoms with Crippen molar-refractivity contribution in [3.05, 3.63) is 47.3 Å². The summed E-state index contributed by atoms with van der Waals surface area (Å²) < 4.78 is 47.0. The topological polar surface area (TPSA) is 81.5 Å². The van der Waals surface area contributed by atoms with E-state index in [1.165, 1.54) is 6.07 Å². The van der Waals surface area contributed by atoms with Crippen molar-refractivity contribution in [2.75, 3.05) is 29.5 Å². The Balaban J connectivity index is 0.00000441. The minimum absolute atomic E-state index is 0. The van der Waals surface area contributed by atoms with Crippen LogP contribution < -0.4 is 19.9 Å². The van der Waals surface area contributed by atoms with Crippen LogP contribution in [-0.2, 0) is 11.0 Å². The SMILES string of the molecule is CC(C)c1cc(N2C(=S)N(c3cnc(C#N)c(C(F)(F)F)c3)C(=O)C2(C)C)ccc1OCCC1CCNCC1.Cl. The van der Waals surface area contributed by atoms with Crippen molar-refractivity contribution in [1.82, 2.24) is 10.3 Å². The number of rotatable bonds is 7. The number of alkyl halides is 3. The number of amides is 1. The predicted octanol–water partition coefficient (Wildman–Crippen LogP) is 6.20. The Kier molecular flexibility index (Phi) is 9.70. The van der Waals surface area contributed by atoms with Crippen LogP contribution in [0.2, 0.25) is 0 Å². The molecule has 0 atom stereocenters. The van der Waals surface area contributed by atoms with Crippen molar-refractivity contribution < 1.29 is 22.7 Å². The van der Waals surface area contributed by atoms with E-state index in [4.69, 9.17) is 22.2 Å². The average molecular weight is 596 g/mol. The molecule has 1 N–H and O–H groups in total. The molecule has 1 aromatic heterocycles. The molecule has 2 aromatic rings. The summed E-state index contributed by atoms with van der Waals surface area (Å²) in [5.74, 6) is 1.02. The third-order valence-corrected chi connectivity index (χ3v) is 7.69. The smallest absolute Gasteiger partial charge is 0.419 e. The molecule has 0 bridgehead atoms. The highest BCUT2D eigenvalue weighted by Gasteiger charge is 2.51. The number of carbonyl (C=O) groups is 1. The largest absolute Gasteiger partial charge is 0.493 e. The monoisotopic (exact) mass is 595 g/mol. The highest BCUT2D eigenvalue weighted by Crippen LogP contribution is 2.41. The van der Waals surface area contributed by atoms with Gasteiger partial charge in [-0.1, -0.05) is 13.8 Å². The van der Waals surface area contributed by atoms with Crippen molar-refractivity contribution in [2.45, 2.75) is 64.6 Å². The molecule has 3 heterocycles. The maximum Gasteiger partial charge on any atom is 0.419 e. The lowest BCUT2D eigenvalue weighted by atomic mass is 9.95. The van der Waals surface area contributed by atoms with Gasteiger partial charge in [0.25, 0.3) is 5.91 Å². The molecule has 1 aromatic carbocycles. The minimum atomic E-state index is -4.82. The maximum absolute atomic E-state index is 13.6. The summed E-state index contributed by atoms with van der Waals surface area (Å²) in [4.78, 5) is 19.9. The molecule has 0 unspecified atom stereocenters. The first-order valence-corrected chi connectivity index (χ1v) is 13.4. The summed E-state index contributed by atoms with van der Waals surface area (Å²) in [6.45, 7) is 10.1. The van der Waals surface area contributed by atoms with E-state index >= 15 is 0 Å². The van der Waals surface area contributed by atoms with E-state index in [1.54, 1.807) is 18.7 Å². The molecule has 2 aliphatic rings. The molecule has 0 aliphatic carbocycles. The highest BCUT2D eigenvalue weighted by atomic mass is 35.5. The van der Waals surface area contributed by atoms with Gasteiger partial charge in [0, 0.05) is 5.69 Å². The van der Waals surface area contributed by atoms with Gasteiger partial charge in [0.05, 0.1) is 24.1 Å². The van der Waals surface area contributed by atoms with Crippen molar-refractivity contribution in [3.8, 4) is 11.8 Å². The van der Waals surface area contributed by atoms with Gasteiger partial charge in [-0.2, -0.15) is 18.4 Å². The lowest BCUT2D eigenvalue weighted by molar-refractivity contribution is -0.138. The van der Waals surface area contributed by atoms with Crippen LogP contribution in [0, 0.1) is 17.2 Å². The van der Waals surface area contributed by atoms with Gasteiger partial charge in [-0.25, -0.2) is 4.98 Å². The fourth-order valence-electron chi connectivity index (χ4n) is 5.10. The second-order valence-electron chi connectivity index (χ2n) is 10.7. The van der Waals surface area contributed by atoms with Crippen LogP contribution in [0.15, 0.2) is 30.5 Å². The Morgan fingerprint density at radius 2 is 1.90 bits per heavy atom. The molecule has 40 heavy (non-hydrogen) atoms. The molecule has 2 fully saturated rings. The van der Waals surface area contributed by atoms with Gasteiger partial charge >= 0.3 is 6.18 Å². The molecule has 0 saturated carbocycles. The fraction of sp³-hybridized carbons (Fsp3) is 0.500. The second-order valence-corrected chi connectivity index (χ2v) is 11.1. The van der Waals surface area contributed by atoms with E-state index in [-0.39, 0.29) is 29.1 Å². The third-order valence-electron chi connectivity index (χ3n) is 7.33. The van der Waals surface area contributed by atoms with Crippen LogP contribution in [0.25, 0.3) is 0 Å². The number of nitriles is 1. The molecule has 2 saturated heterocycles. The molecule has 216 valence electrons. The number of hydrogen-bond acceptors (Lipinski definition) is 6. The number of carbonyl (C=O) groups excluding carboxylic acids is 1.